The minimum atomic E-state index is -3.81. The maximum Gasteiger partial charge on any atom is 0.271 e. The lowest BCUT2D eigenvalue weighted by atomic mass is 10.3. The van der Waals surface area contributed by atoms with Gasteiger partial charge in [-0.3, -0.25) is 4.72 Å². The predicted octanol–water partition coefficient (Wildman–Crippen LogP) is 2.92. The average Bonchev–Trinajstić information content (AvgIpc) is 3.23. The molecule has 0 atom stereocenters. The molecule has 0 radical (unpaired) electrons. The zero-order valence-corrected chi connectivity index (χ0v) is 15.3. The summed E-state index contributed by atoms with van der Waals surface area (Å²) in [5.41, 5.74) is 0.828. The van der Waals surface area contributed by atoms with E-state index in [1.807, 2.05) is 0 Å². The summed E-state index contributed by atoms with van der Waals surface area (Å²) < 4.78 is 43.6. The first-order valence-electron chi connectivity index (χ1n) is 7.07. The number of methoxy groups -OCH3 is 2. The molecule has 132 valence electrons. The number of hydrogen-bond donors (Lipinski definition) is 1. The van der Waals surface area contributed by atoms with Crippen LogP contribution >= 0.6 is 11.3 Å². The van der Waals surface area contributed by atoms with Crippen LogP contribution in [0.3, 0.4) is 0 Å². The first-order valence-corrected chi connectivity index (χ1v) is 9.43. The fourth-order valence-corrected chi connectivity index (χ4v) is 4.29. The van der Waals surface area contributed by atoms with Crippen LogP contribution in [0.15, 0.2) is 38.3 Å². The third-order valence-corrected chi connectivity index (χ3v) is 6.07. The van der Waals surface area contributed by atoms with Crippen LogP contribution in [-0.2, 0) is 10.0 Å². The molecule has 0 unspecified atom stereocenters. The zero-order valence-electron chi connectivity index (χ0n) is 13.6. The second-order valence-electron chi connectivity index (χ2n) is 4.95. The highest BCUT2D eigenvalue weighted by atomic mass is 32.2. The Morgan fingerprint density at radius 2 is 1.96 bits per heavy atom. The molecule has 0 fully saturated rings. The van der Waals surface area contributed by atoms with Gasteiger partial charge in [-0.15, -0.1) is 21.5 Å². The van der Waals surface area contributed by atoms with E-state index in [1.165, 1.54) is 20.3 Å². The minimum absolute atomic E-state index is 0.114. The summed E-state index contributed by atoms with van der Waals surface area (Å²) in [4.78, 5) is 0. The molecule has 2 aromatic heterocycles. The molecule has 1 N–H and O–H groups in total. The highest BCUT2D eigenvalue weighted by molar-refractivity contribution is 7.94. The third kappa shape index (κ3) is 3.59. The van der Waals surface area contributed by atoms with Crippen LogP contribution in [0.1, 0.15) is 5.89 Å². The Labute approximate surface area is 148 Å². The molecular weight excluding hydrogens is 366 g/mol. The summed E-state index contributed by atoms with van der Waals surface area (Å²) in [6.45, 7) is 1.66. The van der Waals surface area contributed by atoms with Gasteiger partial charge >= 0.3 is 0 Å². The van der Waals surface area contributed by atoms with Crippen LogP contribution in [-0.4, -0.2) is 32.8 Å². The van der Waals surface area contributed by atoms with Gasteiger partial charge in [0, 0.05) is 18.4 Å². The van der Waals surface area contributed by atoms with E-state index in [4.69, 9.17) is 13.9 Å². The van der Waals surface area contributed by atoms with Crippen LogP contribution in [0.5, 0.6) is 11.5 Å². The number of aryl methyl sites for hydroxylation is 1. The van der Waals surface area contributed by atoms with Gasteiger partial charge < -0.3 is 13.9 Å². The van der Waals surface area contributed by atoms with E-state index < -0.39 is 10.0 Å². The van der Waals surface area contributed by atoms with Gasteiger partial charge in [-0.1, -0.05) is 0 Å². The lowest BCUT2D eigenvalue weighted by Crippen LogP contribution is -2.12. The summed E-state index contributed by atoms with van der Waals surface area (Å²) in [6.07, 6.45) is 0. The van der Waals surface area contributed by atoms with Crippen LogP contribution < -0.4 is 14.2 Å². The Bertz CT molecular complexity index is 994. The first-order chi connectivity index (χ1) is 11.9. The number of thiophene rings is 1. The summed E-state index contributed by atoms with van der Waals surface area (Å²) in [5.74, 6) is 1.57. The average molecular weight is 381 g/mol. The Hall–Kier alpha value is -2.59. The van der Waals surface area contributed by atoms with Gasteiger partial charge in [-0.2, -0.15) is 0 Å². The van der Waals surface area contributed by atoms with Crippen molar-refractivity contribution in [1.29, 1.82) is 0 Å². The molecule has 0 bridgehead atoms. The highest BCUT2D eigenvalue weighted by Gasteiger charge is 2.21. The topological polar surface area (TPSA) is 104 Å². The van der Waals surface area contributed by atoms with Crippen LogP contribution in [0.25, 0.3) is 11.5 Å². The summed E-state index contributed by atoms with van der Waals surface area (Å²) in [6, 6.07) is 6.33. The third-order valence-electron chi connectivity index (χ3n) is 3.26. The second-order valence-corrected chi connectivity index (χ2v) is 7.77. The van der Waals surface area contributed by atoms with Crippen molar-refractivity contribution in [1.82, 2.24) is 10.2 Å². The van der Waals surface area contributed by atoms with Crippen molar-refractivity contribution in [3.05, 3.63) is 35.5 Å². The lowest BCUT2D eigenvalue weighted by Gasteiger charge is -2.12. The number of nitrogens with zero attached hydrogens (tertiary/aromatic N) is 2. The summed E-state index contributed by atoms with van der Waals surface area (Å²) in [5, 5.41) is 9.26. The van der Waals surface area contributed by atoms with E-state index in [1.54, 1.807) is 30.5 Å². The molecule has 3 rings (SSSR count). The second kappa shape index (κ2) is 6.73. The van der Waals surface area contributed by atoms with Gasteiger partial charge in [0.15, 0.2) is 0 Å². The monoisotopic (exact) mass is 381 g/mol. The largest absolute Gasteiger partial charge is 0.497 e. The number of aromatic nitrogens is 2. The standard InChI is InChI=1S/C15H15N3O5S2/c1-9-16-17-15(23-9)10-6-14(24-8-10)25(19,20)18-12-7-11(21-2)4-5-13(12)22-3/h4-8,18H,1-3H3. The van der Waals surface area contributed by atoms with E-state index in [0.717, 1.165) is 11.3 Å². The zero-order chi connectivity index (χ0) is 18.0. The van der Waals surface area contributed by atoms with Gasteiger partial charge in [0.1, 0.15) is 15.7 Å². The van der Waals surface area contributed by atoms with Crippen molar-refractivity contribution in [2.75, 3.05) is 18.9 Å². The Balaban J connectivity index is 1.91. The Kier molecular flexibility index (Phi) is 4.64. The summed E-state index contributed by atoms with van der Waals surface area (Å²) in [7, 11) is -0.851. The van der Waals surface area contributed by atoms with Gasteiger partial charge in [0.2, 0.25) is 11.8 Å². The van der Waals surface area contributed by atoms with Crippen molar-refractivity contribution in [2.45, 2.75) is 11.1 Å². The van der Waals surface area contributed by atoms with Gasteiger partial charge in [0.05, 0.1) is 25.5 Å². The molecule has 1 aromatic carbocycles. The normalized spacial score (nSPS) is 11.3. The van der Waals surface area contributed by atoms with Gasteiger partial charge in [-0.05, 0) is 18.2 Å². The summed E-state index contributed by atoms with van der Waals surface area (Å²) >= 11 is 1.05. The maximum atomic E-state index is 12.7. The molecule has 3 aromatic rings. The molecule has 8 nitrogen and oxygen atoms in total. The lowest BCUT2D eigenvalue weighted by molar-refractivity contribution is 0.405. The van der Waals surface area contributed by atoms with E-state index in [0.29, 0.717) is 23.0 Å². The quantitative estimate of drug-likeness (QED) is 0.700. The van der Waals surface area contributed by atoms with Gasteiger partial charge in [-0.25, -0.2) is 8.42 Å². The fourth-order valence-electron chi connectivity index (χ4n) is 2.07. The molecular formula is C15H15N3O5S2. The number of hydrogen-bond acceptors (Lipinski definition) is 8. The van der Waals surface area contributed by atoms with Crippen molar-refractivity contribution in [2.24, 2.45) is 0 Å². The molecule has 0 aliphatic heterocycles. The predicted molar refractivity (Wildman–Crippen MR) is 92.7 cm³/mol. The van der Waals surface area contributed by atoms with Crippen LogP contribution in [0.4, 0.5) is 5.69 Å². The smallest absolute Gasteiger partial charge is 0.271 e. The molecule has 2 heterocycles. The van der Waals surface area contributed by atoms with Crippen LogP contribution in [0.2, 0.25) is 0 Å². The molecule has 10 heteroatoms. The van der Waals surface area contributed by atoms with Gasteiger partial charge in [0.25, 0.3) is 10.0 Å². The SMILES string of the molecule is COc1ccc(OC)c(NS(=O)(=O)c2cc(-c3nnc(C)o3)cs2)c1. The number of nitrogens with one attached hydrogen (secondary N) is 1. The molecule has 0 aliphatic carbocycles. The highest BCUT2D eigenvalue weighted by Crippen LogP contribution is 2.33. The van der Waals surface area contributed by atoms with Crippen LogP contribution in [0, 0.1) is 6.92 Å². The number of benzene rings is 1. The number of rotatable bonds is 6. The van der Waals surface area contributed by atoms with E-state index in [2.05, 4.69) is 14.9 Å². The molecule has 0 saturated carbocycles. The Morgan fingerprint density at radius 1 is 1.16 bits per heavy atom. The molecule has 0 aliphatic rings. The van der Waals surface area contributed by atoms with Crippen molar-refractivity contribution >= 4 is 27.0 Å². The minimum Gasteiger partial charge on any atom is -0.497 e. The number of ether oxygens (including phenoxy) is 2. The van der Waals surface area contributed by atoms with E-state index >= 15 is 0 Å². The molecule has 0 spiro atoms. The molecule has 0 amide bonds. The first kappa shape index (κ1) is 17.2. The van der Waals surface area contributed by atoms with E-state index in [-0.39, 0.29) is 15.8 Å². The number of anilines is 1. The number of sulfonamides is 1. The van der Waals surface area contributed by atoms with Crippen molar-refractivity contribution in [3.63, 3.8) is 0 Å². The van der Waals surface area contributed by atoms with E-state index in [9.17, 15) is 8.42 Å². The molecule has 0 saturated heterocycles. The van der Waals surface area contributed by atoms with Crippen molar-refractivity contribution in [3.8, 4) is 23.0 Å². The van der Waals surface area contributed by atoms with Crippen molar-refractivity contribution < 1.29 is 22.3 Å². The maximum absolute atomic E-state index is 12.7. The Morgan fingerprint density at radius 3 is 2.60 bits per heavy atom. The fraction of sp³-hybridized carbons (Fsp3) is 0.200. The molecule has 25 heavy (non-hydrogen) atoms.